The number of nitrogens with one attached hydrogen (secondary N) is 2. The summed E-state index contributed by atoms with van der Waals surface area (Å²) in [6, 6.07) is 5.21. The number of benzene rings is 1. The Labute approximate surface area is 157 Å². The van der Waals surface area contributed by atoms with Gasteiger partial charge in [0, 0.05) is 25.2 Å². The third-order valence-corrected chi connectivity index (χ3v) is 5.97. The Morgan fingerprint density at radius 1 is 1.11 bits per heavy atom. The van der Waals surface area contributed by atoms with E-state index in [0.29, 0.717) is 24.0 Å². The van der Waals surface area contributed by atoms with E-state index in [4.69, 9.17) is 0 Å². The number of carbonyl (C=O) groups is 2. The molecule has 1 unspecified atom stereocenters. The number of imidazole rings is 1. The van der Waals surface area contributed by atoms with Crippen LogP contribution < -0.4 is 11.0 Å². The minimum Gasteiger partial charge on any atom is -0.357 e. The molecule has 7 heteroatoms. The molecule has 4 rings (SSSR count). The van der Waals surface area contributed by atoms with E-state index in [2.05, 4.69) is 10.3 Å². The number of rotatable bonds is 3. The van der Waals surface area contributed by atoms with Crippen molar-refractivity contribution in [3.63, 3.8) is 0 Å². The van der Waals surface area contributed by atoms with E-state index in [9.17, 15) is 14.4 Å². The summed E-state index contributed by atoms with van der Waals surface area (Å²) in [5.74, 6) is -0.274. The molecule has 0 radical (unpaired) electrons. The highest BCUT2D eigenvalue weighted by Gasteiger charge is 2.32. The number of amides is 2. The summed E-state index contributed by atoms with van der Waals surface area (Å²) in [5, 5.41) is 2.66. The maximum Gasteiger partial charge on any atom is 0.326 e. The molecule has 27 heavy (non-hydrogen) atoms. The molecule has 2 fully saturated rings. The number of piperidine rings is 1. The molecule has 1 aliphatic carbocycles. The van der Waals surface area contributed by atoms with Gasteiger partial charge in [0.15, 0.2) is 0 Å². The van der Waals surface area contributed by atoms with Crippen LogP contribution in [0.15, 0.2) is 23.0 Å². The molecular weight excluding hydrogens is 344 g/mol. The maximum absolute atomic E-state index is 13.1. The summed E-state index contributed by atoms with van der Waals surface area (Å²) in [7, 11) is 1.60. The molecule has 2 aromatic rings. The number of hydrogen-bond acceptors (Lipinski definition) is 3. The van der Waals surface area contributed by atoms with Gasteiger partial charge >= 0.3 is 5.69 Å². The van der Waals surface area contributed by atoms with Crippen molar-refractivity contribution in [1.82, 2.24) is 19.8 Å². The zero-order valence-electron chi connectivity index (χ0n) is 15.7. The number of aromatic nitrogens is 2. The van der Waals surface area contributed by atoms with E-state index in [1.165, 1.54) is 0 Å². The molecule has 2 heterocycles. The topological polar surface area (TPSA) is 87.2 Å². The van der Waals surface area contributed by atoms with Crippen molar-refractivity contribution in [1.29, 1.82) is 0 Å². The minimum atomic E-state index is -0.422. The summed E-state index contributed by atoms with van der Waals surface area (Å²) in [6.07, 6.45) is 6.87. The normalized spacial score (nSPS) is 20.9. The lowest BCUT2D eigenvalue weighted by molar-refractivity contribution is -0.126. The van der Waals surface area contributed by atoms with Crippen molar-refractivity contribution in [3.05, 3.63) is 34.2 Å². The van der Waals surface area contributed by atoms with Crippen LogP contribution in [0.3, 0.4) is 0 Å². The third kappa shape index (κ3) is 3.15. The van der Waals surface area contributed by atoms with E-state index < -0.39 is 6.04 Å². The van der Waals surface area contributed by atoms with Crippen LogP contribution in [0.4, 0.5) is 0 Å². The third-order valence-electron chi connectivity index (χ3n) is 5.97. The maximum atomic E-state index is 13.1. The zero-order chi connectivity index (χ0) is 19.0. The first-order valence-corrected chi connectivity index (χ1v) is 9.87. The van der Waals surface area contributed by atoms with E-state index in [0.717, 1.165) is 44.0 Å². The zero-order valence-corrected chi connectivity index (χ0v) is 15.7. The first-order valence-electron chi connectivity index (χ1n) is 9.87. The largest absolute Gasteiger partial charge is 0.357 e. The standard InChI is InChI=1S/C20H26N4O3/c1-21-18(25)17-8-4-5-11-23(17)19(26)13-9-10-16-15(12-13)22-20(27)24(16)14-6-2-3-7-14/h9-10,12,14,17H,2-8,11H2,1H3,(H,21,25)(H,22,27). The SMILES string of the molecule is CNC(=O)C1CCCCN1C(=O)c1ccc2c(c1)[nH]c(=O)n2C1CCCC1. The van der Waals surface area contributed by atoms with Crippen LogP contribution in [-0.4, -0.2) is 45.9 Å². The Hall–Kier alpha value is -2.57. The van der Waals surface area contributed by atoms with Gasteiger partial charge in [-0.1, -0.05) is 12.8 Å². The van der Waals surface area contributed by atoms with Crippen molar-refractivity contribution >= 4 is 22.8 Å². The highest BCUT2D eigenvalue weighted by molar-refractivity contribution is 6.00. The van der Waals surface area contributed by atoms with Gasteiger partial charge in [0.2, 0.25) is 5.91 Å². The Balaban J connectivity index is 1.66. The fourth-order valence-electron chi connectivity index (χ4n) is 4.57. The quantitative estimate of drug-likeness (QED) is 0.868. The van der Waals surface area contributed by atoms with Crippen molar-refractivity contribution in [2.24, 2.45) is 0 Å². The average molecular weight is 370 g/mol. The summed E-state index contributed by atoms with van der Waals surface area (Å²) in [4.78, 5) is 42.2. The minimum absolute atomic E-state index is 0.109. The second-order valence-electron chi connectivity index (χ2n) is 7.59. The van der Waals surface area contributed by atoms with Crippen LogP contribution in [0, 0.1) is 0 Å². The molecule has 1 aromatic heterocycles. The van der Waals surface area contributed by atoms with Crippen LogP contribution in [0.5, 0.6) is 0 Å². The predicted molar refractivity (Wildman–Crippen MR) is 103 cm³/mol. The fraction of sp³-hybridized carbons (Fsp3) is 0.550. The van der Waals surface area contributed by atoms with Gasteiger partial charge in [-0.15, -0.1) is 0 Å². The molecule has 1 saturated carbocycles. The number of likely N-dealkylation sites (N-methyl/N-ethyl adjacent to an activating group) is 1. The van der Waals surface area contributed by atoms with E-state index >= 15 is 0 Å². The molecular formula is C20H26N4O3. The molecule has 0 bridgehead atoms. The Kier molecular flexibility index (Phi) is 4.76. The monoisotopic (exact) mass is 370 g/mol. The van der Waals surface area contributed by atoms with E-state index in [1.54, 1.807) is 24.1 Å². The molecule has 144 valence electrons. The first kappa shape index (κ1) is 17.8. The molecule has 1 aromatic carbocycles. The van der Waals surface area contributed by atoms with Gasteiger partial charge in [-0.2, -0.15) is 0 Å². The van der Waals surface area contributed by atoms with Gasteiger partial charge in [-0.3, -0.25) is 14.2 Å². The number of hydrogen-bond donors (Lipinski definition) is 2. The molecule has 2 amide bonds. The Morgan fingerprint density at radius 2 is 1.85 bits per heavy atom. The summed E-state index contributed by atoms with van der Waals surface area (Å²) in [5.41, 5.74) is 1.94. The number of nitrogens with zero attached hydrogens (tertiary/aromatic N) is 2. The smallest absolute Gasteiger partial charge is 0.326 e. The number of carbonyl (C=O) groups excluding carboxylic acids is 2. The van der Waals surface area contributed by atoms with Crippen molar-refractivity contribution in [3.8, 4) is 0 Å². The second-order valence-corrected chi connectivity index (χ2v) is 7.59. The molecule has 2 N–H and O–H groups in total. The van der Waals surface area contributed by atoms with Crippen molar-refractivity contribution in [2.75, 3.05) is 13.6 Å². The lowest BCUT2D eigenvalue weighted by atomic mass is 10.00. The van der Waals surface area contributed by atoms with Gasteiger partial charge in [0.25, 0.3) is 5.91 Å². The molecule has 2 aliphatic rings. The highest BCUT2D eigenvalue weighted by atomic mass is 16.2. The van der Waals surface area contributed by atoms with Crippen LogP contribution >= 0.6 is 0 Å². The number of fused-ring (bicyclic) bond motifs is 1. The summed E-state index contributed by atoms with van der Waals surface area (Å²) < 4.78 is 1.84. The van der Waals surface area contributed by atoms with Crippen LogP contribution in [-0.2, 0) is 4.79 Å². The van der Waals surface area contributed by atoms with Crippen molar-refractivity contribution in [2.45, 2.75) is 57.0 Å². The Bertz CT molecular complexity index is 923. The van der Waals surface area contributed by atoms with E-state index in [1.807, 2.05) is 10.6 Å². The van der Waals surface area contributed by atoms with Crippen LogP contribution in [0.1, 0.15) is 61.3 Å². The predicted octanol–water partition coefficient (Wildman–Crippen LogP) is 2.19. The molecule has 0 spiro atoms. The van der Waals surface area contributed by atoms with Gasteiger partial charge in [0.05, 0.1) is 11.0 Å². The molecule has 7 nitrogen and oxygen atoms in total. The Morgan fingerprint density at radius 3 is 2.59 bits per heavy atom. The van der Waals surface area contributed by atoms with Crippen molar-refractivity contribution < 1.29 is 9.59 Å². The summed E-state index contributed by atoms with van der Waals surface area (Å²) >= 11 is 0. The fourth-order valence-corrected chi connectivity index (χ4v) is 4.57. The second kappa shape index (κ2) is 7.21. The van der Waals surface area contributed by atoms with E-state index in [-0.39, 0.29) is 23.5 Å². The first-order chi connectivity index (χ1) is 13.1. The lowest BCUT2D eigenvalue weighted by Crippen LogP contribution is -2.51. The number of aromatic amines is 1. The van der Waals surface area contributed by atoms with Gasteiger partial charge in [-0.05, 0) is 50.3 Å². The molecule has 1 saturated heterocycles. The molecule has 1 atom stereocenters. The number of H-pyrrole nitrogens is 1. The van der Waals surface area contributed by atoms with Gasteiger partial charge in [0.1, 0.15) is 6.04 Å². The average Bonchev–Trinajstić information content (AvgIpc) is 3.32. The lowest BCUT2D eigenvalue weighted by Gasteiger charge is -2.34. The summed E-state index contributed by atoms with van der Waals surface area (Å²) in [6.45, 7) is 0.578. The molecule has 1 aliphatic heterocycles. The number of likely N-dealkylation sites (tertiary alicyclic amines) is 1. The van der Waals surface area contributed by atoms with Gasteiger partial charge in [-0.25, -0.2) is 4.79 Å². The van der Waals surface area contributed by atoms with Crippen LogP contribution in [0.2, 0.25) is 0 Å². The highest BCUT2D eigenvalue weighted by Crippen LogP contribution is 2.31. The van der Waals surface area contributed by atoms with Gasteiger partial charge < -0.3 is 15.2 Å². The van der Waals surface area contributed by atoms with Crippen LogP contribution in [0.25, 0.3) is 11.0 Å².